The molecule has 0 saturated heterocycles. The minimum atomic E-state index is -0.111. The van der Waals surface area contributed by atoms with E-state index in [1.165, 1.54) is 25.7 Å². The fourth-order valence-corrected chi connectivity index (χ4v) is 4.96. The fourth-order valence-electron chi connectivity index (χ4n) is 4.96. The third-order valence-electron chi connectivity index (χ3n) is 6.25. The summed E-state index contributed by atoms with van der Waals surface area (Å²) in [5, 5.41) is 7.36. The zero-order chi connectivity index (χ0) is 18.3. The van der Waals surface area contributed by atoms with Crippen LogP contribution in [0.5, 0.6) is 5.75 Å². The van der Waals surface area contributed by atoms with Gasteiger partial charge in [-0.1, -0.05) is 23.7 Å². The van der Waals surface area contributed by atoms with Gasteiger partial charge in [0.2, 0.25) is 0 Å². The van der Waals surface area contributed by atoms with Crippen molar-refractivity contribution in [1.82, 2.24) is 10.5 Å². The number of nitrogens with zero attached hydrogens (tertiary/aromatic N) is 1. The van der Waals surface area contributed by atoms with Crippen LogP contribution >= 0.6 is 0 Å². The number of para-hydroxylation sites is 1. The van der Waals surface area contributed by atoms with Gasteiger partial charge in [0.1, 0.15) is 22.8 Å². The van der Waals surface area contributed by atoms with E-state index in [0.29, 0.717) is 28.7 Å². The average molecular weight is 354 g/mol. The summed E-state index contributed by atoms with van der Waals surface area (Å²) in [4.78, 5) is 13.0. The van der Waals surface area contributed by atoms with Crippen LogP contribution in [0, 0.1) is 24.7 Å². The minimum absolute atomic E-state index is 0.111. The van der Waals surface area contributed by atoms with Crippen LogP contribution in [0.25, 0.3) is 11.3 Å². The third-order valence-corrected chi connectivity index (χ3v) is 6.25. The molecule has 2 saturated carbocycles. The predicted octanol–water partition coefficient (Wildman–Crippen LogP) is 4.21. The van der Waals surface area contributed by atoms with E-state index in [9.17, 15) is 4.79 Å². The molecule has 5 nitrogen and oxygen atoms in total. The molecule has 138 valence electrons. The molecule has 2 aliphatic rings. The number of rotatable bonds is 5. The Labute approximate surface area is 154 Å². The molecular formula is C21H26N2O3. The van der Waals surface area contributed by atoms with E-state index in [-0.39, 0.29) is 11.9 Å². The van der Waals surface area contributed by atoms with Crippen molar-refractivity contribution in [3.63, 3.8) is 0 Å². The summed E-state index contributed by atoms with van der Waals surface area (Å²) in [6.45, 7) is 3.91. The Hall–Kier alpha value is -2.30. The minimum Gasteiger partial charge on any atom is -0.496 e. The summed E-state index contributed by atoms with van der Waals surface area (Å²) >= 11 is 0. The lowest BCUT2D eigenvalue weighted by Crippen LogP contribution is -2.40. The number of nitrogens with one attached hydrogen (secondary N) is 1. The van der Waals surface area contributed by atoms with Crippen molar-refractivity contribution in [2.75, 3.05) is 7.11 Å². The highest BCUT2D eigenvalue weighted by Gasteiger charge is 2.42. The van der Waals surface area contributed by atoms with E-state index in [0.717, 1.165) is 17.4 Å². The molecule has 2 bridgehead atoms. The van der Waals surface area contributed by atoms with Crippen LogP contribution < -0.4 is 10.1 Å². The maximum Gasteiger partial charge on any atom is 0.257 e. The van der Waals surface area contributed by atoms with E-state index in [1.807, 2.05) is 24.3 Å². The van der Waals surface area contributed by atoms with Gasteiger partial charge in [-0.15, -0.1) is 0 Å². The molecular weight excluding hydrogens is 328 g/mol. The van der Waals surface area contributed by atoms with Gasteiger partial charge in [0.25, 0.3) is 5.91 Å². The molecule has 1 N–H and O–H groups in total. The molecule has 0 aliphatic heterocycles. The second-order valence-corrected chi connectivity index (χ2v) is 7.76. The Balaban J connectivity index is 1.58. The molecule has 1 heterocycles. The van der Waals surface area contributed by atoms with Gasteiger partial charge in [-0.05, 0) is 63.0 Å². The molecule has 4 rings (SSSR count). The summed E-state index contributed by atoms with van der Waals surface area (Å²) in [5.74, 6) is 3.32. The molecule has 2 aromatic rings. The smallest absolute Gasteiger partial charge is 0.257 e. The number of fused-ring (bicyclic) bond motifs is 2. The highest BCUT2D eigenvalue weighted by molar-refractivity contribution is 6.01. The SMILES string of the molecule is COc1ccccc1-c1noc(C)c1C(=O)N[C@@H](C)[C@@H]1C[C@H]2CC[C@H]1C2. The van der Waals surface area contributed by atoms with E-state index >= 15 is 0 Å². The lowest BCUT2D eigenvalue weighted by atomic mass is 9.84. The van der Waals surface area contributed by atoms with Crippen LogP contribution in [-0.2, 0) is 0 Å². The number of hydrogen-bond acceptors (Lipinski definition) is 4. The number of hydrogen-bond donors (Lipinski definition) is 1. The Kier molecular flexibility index (Phi) is 4.47. The van der Waals surface area contributed by atoms with Gasteiger partial charge >= 0.3 is 0 Å². The molecule has 1 amide bonds. The number of aromatic nitrogens is 1. The second-order valence-electron chi connectivity index (χ2n) is 7.76. The molecule has 26 heavy (non-hydrogen) atoms. The van der Waals surface area contributed by atoms with Gasteiger partial charge in [0.05, 0.1) is 7.11 Å². The van der Waals surface area contributed by atoms with Gasteiger partial charge in [-0.2, -0.15) is 0 Å². The van der Waals surface area contributed by atoms with Crippen molar-refractivity contribution in [3.8, 4) is 17.0 Å². The van der Waals surface area contributed by atoms with Gasteiger partial charge in [0, 0.05) is 11.6 Å². The zero-order valence-electron chi connectivity index (χ0n) is 15.6. The monoisotopic (exact) mass is 354 g/mol. The van der Waals surface area contributed by atoms with Crippen LogP contribution in [0.15, 0.2) is 28.8 Å². The summed E-state index contributed by atoms with van der Waals surface area (Å²) in [7, 11) is 1.61. The molecule has 5 heteroatoms. The number of carbonyl (C=O) groups excluding carboxylic acids is 1. The lowest BCUT2D eigenvalue weighted by molar-refractivity contribution is 0.0914. The maximum atomic E-state index is 13.0. The quantitative estimate of drug-likeness (QED) is 0.873. The van der Waals surface area contributed by atoms with E-state index in [2.05, 4.69) is 17.4 Å². The Morgan fingerprint density at radius 1 is 1.31 bits per heavy atom. The first kappa shape index (κ1) is 17.1. The molecule has 0 radical (unpaired) electrons. The second kappa shape index (κ2) is 6.78. The van der Waals surface area contributed by atoms with Gasteiger partial charge < -0.3 is 14.6 Å². The van der Waals surface area contributed by atoms with Crippen molar-refractivity contribution < 1.29 is 14.1 Å². The number of amides is 1. The normalized spacial score (nSPS) is 25.3. The van der Waals surface area contributed by atoms with Crippen LogP contribution in [-0.4, -0.2) is 24.2 Å². The largest absolute Gasteiger partial charge is 0.496 e. The summed E-state index contributed by atoms with van der Waals surface area (Å²) in [6, 6.07) is 7.72. The van der Waals surface area contributed by atoms with Crippen molar-refractivity contribution >= 4 is 5.91 Å². The van der Waals surface area contributed by atoms with Crippen molar-refractivity contribution in [1.29, 1.82) is 0 Å². The molecule has 2 fully saturated rings. The van der Waals surface area contributed by atoms with Crippen LogP contribution in [0.3, 0.4) is 0 Å². The number of benzene rings is 1. The van der Waals surface area contributed by atoms with Crippen molar-refractivity contribution in [2.45, 2.75) is 45.6 Å². The van der Waals surface area contributed by atoms with E-state index in [4.69, 9.17) is 9.26 Å². The van der Waals surface area contributed by atoms with Crippen LogP contribution in [0.1, 0.15) is 48.7 Å². The van der Waals surface area contributed by atoms with E-state index < -0.39 is 0 Å². The number of aryl methyl sites for hydroxylation is 1. The van der Waals surface area contributed by atoms with Gasteiger partial charge in [0.15, 0.2) is 0 Å². The first-order valence-electron chi connectivity index (χ1n) is 9.49. The number of ether oxygens (including phenoxy) is 1. The zero-order valence-corrected chi connectivity index (χ0v) is 15.6. The summed E-state index contributed by atoms with van der Waals surface area (Å²) in [5.41, 5.74) is 1.81. The van der Waals surface area contributed by atoms with Gasteiger partial charge in [-0.3, -0.25) is 4.79 Å². The van der Waals surface area contributed by atoms with E-state index in [1.54, 1.807) is 14.0 Å². The fraction of sp³-hybridized carbons (Fsp3) is 0.524. The maximum absolute atomic E-state index is 13.0. The van der Waals surface area contributed by atoms with Gasteiger partial charge in [-0.25, -0.2) is 0 Å². The lowest BCUT2D eigenvalue weighted by Gasteiger charge is -2.28. The average Bonchev–Trinajstić information content (AvgIpc) is 3.36. The standard InChI is InChI=1S/C21H26N2O3/c1-12(17-11-14-8-9-15(17)10-14)22-21(24)19-13(2)26-23-20(19)16-6-4-5-7-18(16)25-3/h4-7,12,14-15,17H,8-11H2,1-3H3,(H,22,24)/t12-,14-,15-,17-/m0/s1. The topological polar surface area (TPSA) is 64.4 Å². The molecule has 4 atom stereocenters. The predicted molar refractivity (Wildman–Crippen MR) is 99.1 cm³/mol. The summed E-state index contributed by atoms with van der Waals surface area (Å²) < 4.78 is 10.8. The van der Waals surface area contributed by atoms with Crippen LogP contribution in [0.4, 0.5) is 0 Å². The Morgan fingerprint density at radius 2 is 2.12 bits per heavy atom. The summed E-state index contributed by atoms with van der Waals surface area (Å²) in [6.07, 6.45) is 5.26. The van der Waals surface area contributed by atoms with Crippen molar-refractivity contribution in [2.24, 2.45) is 17.8 Å². The molecule has 0 unspecified atom stereocenters. The highest BCUT2D eigenvalue weighted by atomic mass is 16.5. The molecule has 0 spiro atoms. The molecule has 1 aromatic carbocycles. The van der Waals surface area contributed by atoms with Crippen molar-refractivity contribution in [3.05, 3.63) is 35.6 Å². The molecule has 1 aromatic heterocycles. The third kappa shape index (κ3) is 2.89. The Morgan fingerprint density at radius 3 is 2.81 bits per heavy atom. The van der Waals surface area contributed by atoms with Crippen LogP contribution in [0.2, 0.25) is 0 Å². The number of carbonyl (C=O) groups is 1. The highest BCUT2D eigenvalue weighted by Crippen LogP contribution is 2.49. The first-order valence-corrected chi connectivity index (χ1v) is 9.49. The first-order chi connectivity index (χ1) is 12.6. The number of methoxy groups -OCH3 is 1. The Bertz CT molecular complexity index is 813. The molecule has 2 aliphatic carbocycles.